The lowest BCUT2D eigenvalue weighted by atomic mass is 10.1. The molecule has 2 aromatic carbocycles. The summed E-state index contributed by atoms with van der Waals surface area (Å²) in [6.07, 6.45) is 5.62. The van der Waals surface area contributed by atoms with E-state index in [1.54, 1.807) is 18.2 Å². The summed E-state index contributed by atoms with van der Waals surface area (Å²) in [4.78, 5) is 27.7. The molecule has 2 aliphatic rings. The van der Waals surface area contributed by atoms with E-state index in [2.05, 4.69) is 31.5 Å². The molecule has 1 saturated carbocycles. The van der Waals surface area contributed by atoms with Crippen molar-refractivity contribution in [2.75, 3.05) is 23.3 Å². The normalized spacial score (nSPS) is 16.5. The fourth-order valence-electron chi connectivity index (χ4n) is 3.53. The molecule has 1 aliphatic heterocycles. The third-order valence-electron chi connectivity index (χ3n) is 5.20. The second-order valence-corrected chi connectivity index (χ2v) is 8.41. The molecule has 1 aliphatic carbocycles. The van der Waals surface area contributed by atoms with Crippen LogP contribution in [-0.4, -0.2) is 30.9 Å². The van der Waals surface area contributed by atoms with Gasteiger partial charge in [0.2, 0.25) is 0 Å². The van der Waals surface area contributed by atoms with E-state index in [0.717, 1.165) is 48.9 Å². The molecule has 0 spiro atoms. The van der Waals surface area contributed by atoms with E-state index in [-0.39, 0.29) is 11.8 Å². The Hall–Kier alpha value is -2.34. The topological polar surface area (TPSA) is 61.4 Å². The molecule has 0 unspecified atom stereocenters. The summed E-state index contributed by atoms with van der Waals surface area (Å²) in [6.45, 7) is 1.93. The first-order valence-electron chi connectivity index (χ1n) is 9.87. The van der Waals surface area contributed by atoms with Gasteiger partial charge in [0.1, 0.15) is 0 Å². The zero-order valence-corrected chi connectivity index (χ0v) is 17.3. The summed E-state index contributed by atoms with van der Waals surface area (Å²) in [5.41, 5.74) is 2.80. The first-order valence-corrected chi connectivity index (χ1v) is 10.7. The highest BCUT2D eigenvalue weighted by molar-refractivity contribution is 9.10. The maximum atomic E-state index is 12.9. The SMILES string of the molecule is O=C(Nc1ccc(N2CCCCC2)c(C(=O)NC2CC2)c1)c1cccc(Br)c1. The lowest BCUT2D eigenvalue weighted by Gasteiger charge is -2.30. The van der Waals surface area contributed by atoms with Crippen LogP contribution in [-0.2, 0) is 0 Å². The Morgan fingerprint density at radius 1 is 0.964 bits per heavy atom. The Kier molecular flexibility index (Phi) is 5.67. The quantitative estimate of drug-likeness (QED) is 0.713. The molecule has 2 amide bonds. The molecule has 28 heavy (non-hydrogen) atoms. The van der Waals surface area contributed by atoms with E-state index >= 15 is 0 Å². The van der Waals surface area contributed by atoms with Crippen molar-refractivity contribution in [3.05, 3.63) is 58.1 Å². The van der Waals surface area contributed by atoms with Crippen LogP contribution in [0.4, 0.5) is 11.4 Å². The van der Waals surface area contributed by atoms with Gasteiger partial charge in [-0.1, -0.05) is 22.0 Å². The molecule has 146 valence electrons. The third kappa shape index (κ3) is 4.55. The highest BCUT2D eigenvalue weighted by Gasteiger charge is 2.26. The minimum absolute atomic E-state index is 0.0540. The zero-order valence-electron chi connectivity index (χ0n) is 15.7. The number of amides is 2. The average molecular weight is 442 g/mol. The van der Waals surface area contributed by atoms with Crippen LogP contribution >= 0.6 is 15.9 Å². The number of carbonyl (C=O) groups is 2. The van der Waals surface area contributed by atoms with Crippen LogP contribution in [0.15, 0.2) is 46.9 Å². The first-order chi connectivity index (χ1) is 13.6. The van der Waals surface area contributed by atoms with Gasteiger partial charge in [0.15, 0.2) is 0 Å². The Morgan fingerprint density at radius 2 is 1.75 bits per heavy atom. The average Bonchev–Trinajstić information content (AvgIpc) is 3.52. The zero-order chi connectivity index (χ0) is 19.5. The summed E-state index contributed by atoms with van der Waals surface area (Å²) in [5, 5.41) is 6.01. The number of benzene rings is 2. The van der Waals surface area contributed by atoms with Crippen LogP contribution in [0.3, 0.4) is 0 Å². The summed E-state index contributed by atoms with van der Waals surface area (Å²) >= 11 is 3.39. The number of hydrogen-bond acceptors (Lipinski definition) is 3. The minimum atomic E-state index is -0.194. The second-order valence-electron chi connectivity index (χ2n) is 7.49. The molecule has 1 heterocycles. The molecule has 4 rings (SSSR count). The van der Waals surface area contributed by atoms with E-state index in [1.807, 2.05) is 24.3 Å². The van der Waals surface area contributed by atoms with E-state index in [1.165, 1.54) is 6.42 Å². The van der Waals surface area contributed by atoms with Gasteiger partial charge in [-0.2, -0.15) is 0 Å². The molecule has 2 fully saturated rings. The summed E-state index contributed by atoms with van der Waals surface area (Å²) in [6, 6.07) is 13.2. The molecule has 1 saturated heterocycles. The number of rotatable bonds is 5. The molecule has 2 aromatic rings. The van der Waals surface area contributed by atoms with Crippen molar-refractivity contribution in [3.8, 4) is 0 Å². The molecule has 0 atom stereocenters. The van der Waals surface area contributed by atoms with Crippen molar-refractivity contribution >= 4 is 39.1 Å². The smallest absolute Gasteiger partial charge is 0.255 e. The monoisotopic (exact) mass is 441 g/mol. The van der Waals surface area contributed by atoms with Gasteiger partial charge in [-0.25, -0.2) is 0 Å². The van der Waals surface area contributed by atoms with Crippen molar-refractivity contribution in [3.63, 3.8) is 0 Å². The van der Waals surface area contributed by atoms with Crippen molar-refractivity contribution in [1.29, 1.82) is 0 Å². The lowest BCUT2D eigenvalue weighted by Crippen LogP contribution is -2.33. The van der Waals surface area contributed by atoms with Gasteiger partial charge in [-0.3, -0.25) is 9.59 Å². The maximum Gasteiger partial charge on any atom is 0.255 e. The van der Waals surface area contributed by atoms with Crippen LogP contribution in [0.1, 0.15) is 52.8 Å². The van der Waals surface area contributed by atoms with Gasteiger partial charge >= 0.3 is 0 Å². The van der Waals surface area contributed by atoms with Crippen molar-refractivity contribution in [2.24, 2.45) is 0 Å². The third-order valence-corrected chi connectivity index (χ3v) is 5.69. The highest BCUT2D eigenvalue weighted by atomic mass is 79.9. The largest absolute Gasteiger partial charge is 0.371 e. The van der Waals surface area contributed by atoms with Gasteiger partial charge in [0.25, 0.3) is 11.8 Å². The van der Waals surface area contributed by atoms with Crippen LogP contribution < -0.4 is 15.5 Å². The maximum absolute atomic E-state index is 12.9. The van der Waals surface area contributed by atoms with Gasteiger partial charge in [-0.05, 0) is 68.5 Å². The summed E-state index contributed by atoms with van der Waals surface area (Å²) in [5.74, 6) is -0.248. The fourth-order valence-corrected chi connectivity index (χ4v) is 3.93. The number of nitrogens with zero attached hydrogens (tertiary/aromatic N) is 1. The number of anilines is 2. The van der Waals surface area contributed by atoms with Crippen molar-refractivity contribution in [2.45, 2.75) is 38.1 Å². The van der Waals surface area contributed by atoms with E-state index in [4.69, 9.17) is 0 Å². The Labute approximate surface area is 173 Å². The Balaban J connectivity index is 1.59. The number of carbonyl (C=O) groups excluding carboxylic acids is 2. The van der Waals surface area contributed by atoms with Gasteiger partial charge < -0.3 is 15.5 Å². The van der Waals surface area contributed by atoms with E-state index in [0.29, 0.717) is 22.9 Å². The lowest BCUT2D eigenvalue weighted by molar-refractivity contribution is 0.0950. The molecular formula is C22H24BrN3O2. The van der Waals surface area contributed by atoms with Gasteiger partial charge in [-0.15, -0.1) is 0 Å². The molecular weight excluding hydrogens is 418 g/mol. The molecule has 0 aromatic heterocycles. The van der Waals surface area contributed by atoms with E-state index < -0.39 is 0 Å². The van der Waals surface area contributed by atoms with Crippen molar-refractivity contribution in [1.82, 2.24) is 5.32 Å². The van der Waals surface area contributed by atoms with Crippen LogP contribution in [0.2, 0.25) is 0 Å². The standard InChI is InChI=1S/C22H24BrN3O2/c23-16-6-4-5-15(13-16)21(27)25-18-9-10-20(26-11-2-1-3-12-26)19(14-18)22(28)24-17-7-8-17/h4-6,9-10,13-14,17H,1-3,7-8,11-12H2,(H,24,28)(H,25,27). The molecule has 5 nitrogen and oxygen atoms in total. The van der Waals surface area contributed by atoms with Gasteiger partial charge in [0, 0.05) is 40.5 Å². The number of piperidine rings is 1. The highest BCUT2D eigenvalue weighted by Crippen LogP contribution is 2.29. The molecule has 0 bridgehead atoms. The Bertz CT molecular complexity index is 889. The van der Waals surface area contributed by atoms with Crippen molar-refractivity contribution < 1.29 is 9.59 Å². The summed E-state index contributed by atoms with van der Waals surface area (Å²) in [7, 11) is 0. The summed E-state index contributed by atoms with van der Waals surface area (Å²) < 4.78 is 0.852. The van der Waals surface area contributed by atoms with Crippen LogP contribution in [0.5, 0.6) is 0 Å². The first kappa shape index (κ1) is 19.0. The predicted molar refractivity (Wildman–Crippen MR) is 115 cm³/mol. The van der Waals surface area contributed by atoms with Crippen LogP contribution in [0.25, 0.3) is 0 Å². The molecule has 0 radical (unpaired) electrons. The van der Waals surface area contributed by atoms with E-state index in [9.17, 15) is 9.59 Å². The minimum Gasteiger partial charge on any atom is -0.371 e. The fraction of sp³-hybridized carbons (Fsp3) is 0.364. The molecule has 2 N–H and O–H groups in total. The predicted octanol–water partition coefficient (Wildman–Crippen LogP) is 4.58. The Morgan fingerprint density at radius 3 is 2.46 bits per heavy atom. The number of hydrogen-bond donors (Lipinski definition) is 2. The number of nitrogens with one attached hydrogen (secondary N) is 2. The van der Waals surface area contributed by atoms with Crippen LogP contribution in [0, 0.1) is 0 Å². The van der Waals surface area contributed by atoms with Gasteiger partial charge in [0.05, 0.1) is 5.56 Å². The second kappa shape index (κ2) is 8.35. The number of halogens is 1. The molecule has 6 heteroatoms.